The van der Waals surface area contributed by atoms with Crippen molar-refractivity contribution in [2.75, 3.05) is 7.05 Å². The third-order valence-corrected chi connectivity index (χ3v) is 3.42. The lowest BCUT2D eigenvalue weighted by atomic mass is 9.99. The Morgan fingerprint density at radius 3 is 2.61 bits per heavy atom. The minimum atomic E-state index is -0.184. The quantitative estimate of drug-likeness (QED) is 0.897. The van der Waals surface area contributed by atoms with Crippen LogP contribution in [-0.2, 0) is 6.42 Å². The van der Waals surface area contributed by atoms with E-state index in [0.29, 0.717) is 0 Å². The summed E-state index contributed by atoms with van der Waals surface area (Å²) in [7, 11) is 1.92. The zero-order valence-electron chi connectivity index (χ0n) is 10.2. The monoisotopic (exact) mass is 307 g/mol. The van der Waals surface area contributed by atoms with Crippen molar-refractivity contribution >= 4 is 15.9 Å². The fourth-order valence-electron chi connectivity index (χ4n) is 2.01. The lowest BCUT2D eigenvalue weighted by Crippen LogP contribution is -2.18. The van der Waals surface area contributed by atoms with Crippen LogP contribution in [0.1, 0.15) is 17.2 Å². The van der Waals surface area contributed by atoms with Crippen LogP contribution in [0, 0.1) is 5.82 Å². The highest BCUT2D eigenvalue weighted by Gasteiger charge is 2.10. The lowest BCUT2D eigenvalue weighted by Gasteiger charge is -2.17. The summed E-state index contributed by atoms with van der Waals surface area (Å²) >= 11 is 3.47. The SMILES string of the molecule is CNC(Cc1cccc(F)c1)c1cccc(Br)c1. The Labute approximate surface area is 115 Å². The Balaban J connectivity index is 2.19. The van der Waals surface area contributed by atoms with Gasteiger partial charge in [-0.1, -0.05) is 40.2 Å². The molecule has 2 aromatic carbocycles. The van der Waals surface area contributed by atoms with Gasteiger partial charge in [-0.25, -0.2) is 4.39 Å². The topological polar surface area (TPSA) is 12.0 Å². The van der Waals surface area contributed by atoms with E-state index >= 15 is 0 Å². The van der Waals surface area contributed by atoms with E-state index in [4.69, 9.17) is 0 Å². The molecule has 1 N–H and O–H groups in total. The first-order valence-corrected chi connectivity index (χ1v) is 6.65. The maximum absolute atomic E-state index is 13.2. The predicted molar refractivity (Wildman–Crippen MR) is 76.0 cm³/mol. The van der Waals surface area contributed by atoms with Crippen LogP contribution in [0.2, 0.25) is 0 Å². The van der Waals surface area contributed by atoms with Crippen LogP contribution in [-0.4, -0.2) is 7.05 Å². The van der Waals surface area contributed by atoms with Crippen molar-refractivity contribution in [3.63, 3.8) is 0 Å². The van der Waals surface area contributed by atoms with Crippen molar-refractivity contribution in [2.45, 2.75) is 12.5 Å². The number of hydrogen-bond acceptors (Lipinski definition) is 1. The summed E-state index contributed by atoms with van der Waals surface area (Å²) in [6.45, 7) is 0. The maximum atomic E-state index is 13.2. The summed E-state index contributed by atoms with van der Waals surface area (Å²) in [5, 5.41) is 3.27. The zero-order valence-corrected chi connectivity index (χ0v) is 11.7. The minimum absolute atomic E-state index is 0.184. The highest BCUT2D eigenvalue weighted by Crippen LogP contribution is 2.21. The number of likely N-dealkylation sites (N-methyl/N-ethyl adjacent to an activating group) is 1. The van der Waals surface area contributed by atoms with Gasteiger partial charge in [-0.3, -0.25) is 0 Å². The van der Waals surface area contributed by atoms with Gasteiger partial charge in [0.25, 0.3) is 0 Å². The summed E-state index contributed by atoms with van der Waals surface area (Å²) in [4.78, 5) is 0. The second kappa shape index (κ2) is 6.12. The molecule has 94 valence electrons. The summed E-state index contributed by atoms with van der Waals surface area (Å²) in [5.41, 5.74) is 2.19. The fraction of sp³-hybridized carbons (Fsp3) is 0.200. The number of halogens is 2. The van der Waals surface area contributed by atoms with Gasteiger partial charge in [-0.15, -0.1) is 0 Å². The van der Waals surface area contributed by atoms with Gasteiger partial charge in [0.15, 0.2) is 0 Å². The standard InChI is InChI=1S/C15H15BrFN/c1-18-15(12-5-3-6-13(16)10-12)9-11-4-2-7-14(17)8-11/h2-8,10,15,18H,9H2,1H3. The lowest BCUT2D eigenvalue weighted by molar-refractivity contribution is 0.584. The molecule has 0 amide bonds. The van der Waals surface area contributed by atoms with Crippen molar-refractivity contribution in [1.29, 1.82) is 0 Å². The van der Waals surface area contributed by atoms with Gasteiger partial charge in [0.1, 0.15) is 5.82 Å². The molecule has 0 aliphatic rings. The Kier molecular flexibility index (Phi) is 4.50. The maximum Gasteiger partial charge on any atom is 0.123 e. The van der Waals surface area contributed by atoms with Crippen LogP contribution in [0.25, 0.3) is 0 Å². The van der Waals surface area contributed by atoms with Crippen molar-refractivity contribution in [2.24, 2.45) is 0 Å². The Hall–Kier alpha value is -1.19. The second-order valence-corrected chi connectivity index (χ2v) is 5.15. The first-order chi connectivity index (χ1) is 8.69. The average molecular weight is 308 g/mol. The Morgan fingerprint density at radius 2 is 1.94 bits per heavy atom. The molecule has 0 aliphatic carbocycles. The molecule has 2 aromatic rings. The molecule has 1 atom stereocenters. The van der Waals surface area contributed by atoms with E-state index in [1.807, 2.05) is 25.2 Å². The van der Waals surface area contributed by atoms with E-state index in [-0.39, 0.29) is 11.9 Å². The van der Waals surface area contributed by atoms with E-state index < -0.39 is 0 Å². The number of rotatable bonds is 4. The minimum Gasteiger partial charge on any atom is -0.313 e. The van der Waals surface area contributed by atoms with Gasteiger partial charge < -0.3 is 5.32 Å². The van der Waals surface area contributed by atoms with Gasteiger partial charge in [-0.05, 0) is 48.9 Å². The smallest absolute Gasteiger partial charge is 0.123 e. The highest BCUT2D eigenvalue weighted by atomic mass is 79.9. The normalized spacial score (nSPS) is 12.4. The number of benzene rings is 2. The molecule has 18 heavy (non-hydrogen) atoms. The molecule has 0 radical (unpaired) electrons. The highest BCUT2D eigenvalue weighted by molar-refractivity contribution is 9.10. The van der Waals surface area contributed by atoms with Crippen LogP contribution in [0.4, 0.5) is 4.39 Å². The third kappa shape index (κ3) is 3.40. The molecule has 1 unspecified atom stereocenters. The predicted octanol–water partition coefficient (Wildman–Crippen LogP) is 4.09. The number of nitrogens with one attached hydrogen (secondary N) is 1. The molecule has 0 saturated carbocycles. The summed E-state index contributed by atoms with van der Waals surface area (Å²) < 4.78 is 14.2. The summed E-state index contributed by atoms with van der Waals surface area (Å²) in [6, 6.07) is 15.1. The van der Waals surface area contributed by atoms with Crippen LogP contribution in [0.3, 0.4) is 0 Å². The fourth-order valence-corrected chi connectivity index (χ4v) is 2.43. The molecular formula is C15H15BrFN. The van der Waals surface area contributed by atoms with Crippen molar-refractivity contribution < 1.29 is 4.39 Å². The molecule has 0 spiro atoms. The molecule has 1 nitrogen and oxygen atoms in total. The Bertz CT molecular complexity index is 527. The van der Waals surface area contributed by atoms with Gasteiger partial charge in [0, 0.05) is 10.5 Å². The van der Waals surface area contributed by atoms with E-state index in [1.54, 1.807) is 12.1 Å². The first kappa shape index (κ1) is 13.2. The molecule has 0 aromatic heterocycles. The van der Waals surface area contributed by atoms with Gasteiger partial charge in [0.2, 0.25) is 0 Å². The largest absolute Gasteiger partial charge is 0.313 e. The van der Waals surface area contributed by atoms with E-state index in [0.717, 1.165) is 16.5 Å². The van der Waals surface area contributed by atoms with E-state index in [9.17, 15) is 4.39 Å². The van der Waals surface area contributed by atoms with Crippen LogP contribution in [0.5, 0.6) is 0 Å². The summed E-state index contributed by atoms with van der Waals surface area (Å²) in [5.74, 6) is -0.184. The zero-order chi connectivity index (χ0) is 13.0. The molecule has 0 saturated heterocycles. The molecule has 2 rings (SSSR count). The van der Waals surface area contributed by atoms with E-state index in [1.165, 1.54) is 11.6 Å². The Morgan fingerprint density at radius 1 is 1.17 bits per heavy atom. The van der Waals surface area contributed by atoms with E-state index in [2.05, 4.69) is 33.4 Å². The molecule has 0 heterocycles. The van der Waals surface area contributed by atoms with Crippen LogP contribution in [0.15, 0.2) is 53.0 Å². The second-order valence-electron chi connectivity index (χ2n) is 4.23. The molecule has 0 bridgehead atoms. The number of hydrogen-bond donors (Lipinski definition) is 1. The summed E-state index contributed by atoms with van der Waals surface area (Å²) in [6.07, 6.45) is 0.769. The molecule has 3 heteroatoms. The van der Waals surface area contributed by atoms with Gasteiger partial charge in [-0.2, -0.15) is 0 Å². The van der Waals surface area contributed by atoms with Gasteiger partial charge in [0.05, 0.1) is 0 Å². The molecule has 0 aliphatic heterocycles. The van der Waals surface area contributed by atoms with Crippen LogP contribution < -0.4 is 5.32 Å². The first-order valence-electron chi connectivity index (χ1n) is 5.86. The van der Waals surface area contributed by atoms with Crippen LogP contribution >= 0.6 is 15.9 Å². The molecular weight excluding hydrogens is 293 g/mol. The van der Waals surface area contributed by atoms with Gasteiger partial charge >= 0.3 is 0 Å². The van der Waals surface area contributed by atoms with Crippen molar-refractivity contribution in [3.05, 3.63) is 69.9 Å². The average Bonchev–Trinajstić information content (AvgIpc) is 2.36. The van der Waals surface area contributed by atoms with Crippen molar-refractivity contribution in [1.82, 2.24) is 5.32 Å². The molecule has 0 fully saturated rings. The third-order valence-electron chi connectivity index (χ3n) is 2.93. The van der Waals surface area contributed by atoms with Crippen molar-refractivity contribution in [3.8, 4) is 0 Å².